The Balaban J connectivity index is 2.27. The first kappa shape index (κ1) is 10.6. The molecule has 0 radical (unpaired) electrons. The van der Waals surface area contributed by atoms with Crippen LogP contribution in [0.5, 0.6) is 0 Å². The maximum absolute atomic E-state index is 5.99. The smallest absolute Gasteiger partial charge is 0.239 e. The summed E-state index contributed by atoms with van der Waals surface area (Å²) in [5, 5.41) is 2.58. The Morgan fingerprint density at radius 3 is 2.94 bits per heavy atom. The fourth-order valence-corrected chi connectivity index (χ4v) is 2.76. The highest BCUT2D eigenvalue weighted by Crippen LogP contribution is 2.34. The molecule has 0 aliphatic carbocycles. The van der Waals surface area contributed by atoms with Gasteiger partial charge >= 0.3 is 0 Å². The minimum absolute atomic E-state index is 0.554. The second-order valence-electron chi connectivity index (χ2n) is 3.80. The number of nitrogens with two attached hydrogens (primary N) is 1. The molecule has 0 aliphatic heterocycles. The van der Waals surface area contributed by atoms with Crippen LogP contribution in [0.4, 0.5) is 5.69 Å². The average Bonchev–Trinajstić information content (AvgIpc) is 2.83. The van der Waals surface area contributed by atoms with Gasteiger partial charge in [0.15, 0.2) is 5.58 Å². The number of anilines is 1. The van der Waals surface area contributed by atoms with E-state index in [1.807, 2.05) is 24.4 Å². The number of rotatable bonds is 1. The molecular formula is C12H9ClN2OS. The van der Waals surface area contributed by atoms with Gasteiger partial charge in [-0.05, 0) is 36.1 Å². The van der Waals surface area contributed by atoms with E-state index in [9.17, 15) is 0 Å². The van der Waals surface area contributed by atoms with Gasteiger partial charge in [0, 0.05) is 5.02 Å². The number of halogens is 1. The van der Waals surface area contributed by atoms with E-state index in [1.165, 1.54) is 11.3 Å². The van der Waals surface area contributed by atoms with Crippen LogP contribution in [-0.2, 0) is 0 Å². The van der Waals surface area contributed by atoms with E-state index in [1.54, 1.807) is 6.07 Å². The zero-order chi connectivity index (χ0) is 12.0. The first-order valence-electron chi connectivity index (χ1n) is 5.05. The number of aromatic nitrogens is 1. The van der Waals surface area contributed by atoms with Crippen LogP contribution in [0.1, 0.15) is 5.56 Å². The normalized spacial score (nSPS) is 11.2. The lowest BCUT2D eigenvalue weighted by atomic mass is 10.2. The van der Waals surface area contributed by atoms with Crippen LogP contribution in [0.25, 0.3) is 21.9 Å². The van der Waals surface area contributed by atoms with Crippen molar-refractivity contribution in [1.82, 2.24) is 4.98 Å². The minimum atomic E-state index is 0.554. The van der Waals surface area contributed by atoms with Gasteiger partial charge in [-0.25, -0.2) is 4.98 Å². The number of benzene rings is 1. The van der Waals surface area contributed by atoms with Crippen LogP contribution in [0.3, 0.4) is 0 Å². The van der Waals surface area contributed by atoms with Gasteiger partial charge in [0.05, 0.1) is 5.69 Å². The predicted octanol–water partition coefficient (Wildman–Crippen LogP) is 4.10. The zero-order valence-electron chi connectivity index (χ0n) is 9.03. The number of oxazole rings is 1. The van der Waals surface area contributed by atoms with Gasteiger partial charge in [-0.1, -0.05) is 11.6 Å². The molecule has 3 nitrogen and oxygen atoms in total. The number of fused-ring (bicyclic) bond motifs is 1. The summed E-state index contributed by atoms with van der Waals surface area (Å²) >= 11 is 7.50. The molecule has 3 aromatic rings. The largest absolute Gasteiger partial charge is 0.435 e. The van der Waals surface area contributed by atoms with E-state index in [4.69, 9.17) is 21.8 Å². The lowest BCUT2D eigenvalue weighted by Crippen LogP contribution is -1.83. The zero-order valence-corrected chi connectivity index (χ0v) is 10.6. The molecule has 17 heavy (non-hydrogen) atoms. The van der Waals surface area contributed by atoms with Crippen molar-refractivity contribution in [2.24, 2.45) is 0 Å². The molecule has 2 N–H and O–H groups in total. The number of aryl methyl sites for hydroxylation is 1. The summed E-state index contributed by atoms with van der Waals surface area (Å²) in [7, 11) is 0. The summed E-state index contributed by atoms with van der Waals surface area (Å²) in [6, 6.07) is 5.49. The van der Waals surface area contributed by atoms with Gasteiger partial charge in [-0.3, -0.25) is 0 Å². The van der Waals surface area contributed by atoms with Crippen LogP contribution in [0.2, 0.25) is 5.02 Å². The van der Waals surface area contributed by atoms with Crippen molar-refractivity contribution in [3.8, 4) is 10.8 Å². The average molecular weight is 265 g/mol. The summed E-state index contributed by atoms with van der Waals surface area (Å²) in [5.41, 5.74) is 9.03. The SMILES string of the molecule is Cc1cc(Cl)cc2nc(-c3sccc3N)oc12. The van der Waals surface area contributed by atoms with E-state index in [2.05, 4.69) is 4.98 Å². The molecule has 0 saturated carbocycles. The molecule has 1 aromatic carbocycles. The monoisotopic (exact) mass is 264 g/mol. The Morgan fingerprint density at radius 2 is 2.24 bits per heavy atom. The first-order chi connectivity index (χ1) is 8.15. The van der Waals surface area contributed by atoms with Crippen LogP contribution >= 0.6 is 22.9 Å². The number of hydrogen-bond donors (Lipinski definition) is 1. The molecule has 0 fully saturated rings. The van der Waals surface area contributed by atoms with E-state index < -0.39 is 0 Å². The van der Waals surface area contributed by atoms with Crippen LogP contribution in [0, 0.1) is 6.92 Å². The molecule has 2 heterocycles. The molecule has 0 unspecified atom stereocenters. The molecule has 2 aromatic heterocycles. The Kier molecular flexibility index (Phi) is 2.34. The van der Waals surface area contributed by atoms with Crippen molar-refractivity contribution >= 4 is 39.7 Å². The Morgan fingerprint density at radius 1 is 1.41 bits per heavy atom. The van der Waals surface area contributed by atoms with Gasteiger partial charge in [-0.15, -0.1) is 11.3 Å². The number of nitrogens with zero attached hydrogens (tertiary/aromatic N) is 1. The number of nitrogen functional groups attached to an aromatic ring is 1. The summed E-state index contributed by atoms with van der Waals surface area (Å²) in [5.74, 6) is 0.554. The minimum Gasteiger partial charge on any atom is -0.435 e. The second-order valence-corrected chi connectivity index (χ2v) is 5.15. The van der Waals surface area contributed by atoms with Crippen LogP contribution in [0.15, 0.2) is 28.0 Å². The van der Waals surface area contributed by atoms with Crippen LogP contribution < -0.4 is 5.73 Å². The third kappa shape index (κ3) is 1.69. The second kappa shape index (κ2) is 3.75. The van der Waals surface area contributed by atoms with Crippen molar-refractivity contribution in [3.05, 3.63) is 34.2 Å². The van der Waals surface area contributed by atoms with Crippen molar-refractivity contribution in [3.63, 3.8) is 0 Å². The van der Waals surface area contributed by atoms with Gasteiger partial charge < -0.3 is 10.2 Å². The van der Waals surface area contributed by atoms with Gasteiger partial charge in [0.1, 0.15) is 10.4 Å². The van der Waals surface area contributed by atoms with Crippen LogP contribution in [-0.4, -0.2) is 4.98 Å². The fraction of sp³-hybridized carbons (Fsp3) is 0.0833. The van der Waals surface area contributed by atoms with Crippen molar-refractivity contribution in [1.29, 1.82) is 0 Å². The molecule has 0 spiro atoms. The molecule has 3 rings (SSSR count). The summed E-state index contributed by atoms with van der Waals surface area (Å²) in [6.45, 7) is 1.95. The maximum atomic E-state index is 5.99. The maximum Gasteiger partial charge on any atom is 0.239 e. The first-order valence-corrected chi connectivity index (χ1v) is 6.31. The van der Waals surface area contributed by atoms with Crippen molar-refractivity contribution < 1.29 is 4.42 Å². The molecular weight excluding hydrogens is 256 g/mol. The van der Waals surface area contributed by atoms with E-state index >= 15 is 0 Å². The Hall–Kier alpha value is -1.52. The Labute approximate surface area is 107 Å². The predicted molar refractivity (Wildman–Crippen MR) is 71.5 cm³/mol. The van der Waals surface area contributed by atoms with Gasteiger partial charge in [0.25, 0.3) is 0 Å². The summed E-state index contributed by atoms with van der Waals surface area (Å²) < 4.78 is 5.74. The highest BCUT2D eigenvalue weighted by molar-refractivity contribution is 7.14. The topological polar surface area (TPSA) is 52.0 Å². The highest BCUT2D eigenvalue weighted by atomic mass is 35.5. The molecule has 0 bridgehead atoms. The molecule has 0 atom stereocenters. The number of hydrogen-bond acceptors (Lipinski definition) is 4. The quantitative estimate of drug-likeness (QED) is 0.720. The third-order valence-electron chi connectivity index (χ3n) is 2.53. The molecule has 5 heteroatoms. The van der Waals surface area contributed by atoms with E-state index in [-0.39, 0.29) is 0 Å². The van der Waals surface area contributed by atoms with E-state index in [0.29, 0.717) is 16.6 Å². The highest BCUT2D eigenvalue weighted by Gasteiger charge is 2.14. The lowest BCUT2D eigenvalue weighted by Gasteiger charge is -1.93. The van der Waals surface area contributed by atoms with Gasteiger partial charge in [0.2, 0.25) is 5.89 Å². The lowest BCUT2D eigenvalue weighted by molar-refractivity contribution is 0.619. The molecule has 0 aliphatic rings. The van der Waals surface area contributed by atoms with E-state index in [0.717, 1.165) is 21.5 Å². The van der Waals surface area contributed by atoms with Crippen molar-refractivity contribution in [2.45, 2.75) is 6.92 Å². The standard InChI is InChI=1S/C12H9ClN2OS/c1-6-4-7(13)5-9-10(6)16-12(15-9)11-8(14)2-3-17-11/h2-5H,14H2,1H3. The molecule has 0 amide bonds. The molecule has 86 valence electrons. The van der Waals surface area contributed by atoms with Gasteiger partial charge in [-0.2, -0.15) is 0 Å². The third-order valence-corrected chi connectivity index (χ3v) is 3.67. The summed E-state index contributed by atoms with van der Waals surface area (Å²) in [6.07, 6.45) is 0. The molecule has 0 saturated heterocycles. The number of thiophene rings is 1. The Bertz CT molecular complexity index is 702. The summed E-state index contributed by atoms with van der Waals surface area (Å²) in [4.78, 5) is 5.28. The van der Waals surface area contributed by atoms with Crippen molar-refractivity contribution in [2.75, 3.05) is 5.73 Å². The fourth-order valence-electron chi connectivity index (χ4n) is 1.75.